The van der Waals surface area contributed by atoms with E-state index in [2.05, 4.69) is 9.97 Å². The van der Waals surface area contributed by atoms with Crippen molar-refractivity contribution in [2.75, 3.05) is 13.2 Å². The van der Waals surface area contributed by atoms with Gasteiger partial charge in [0, 0.05) is 25.5 Å². The quantitative estimate of drug-likeness (QED) is 0.437. The molecule has 28 heavy (non-hydrogen) atoms. The predicted octanol–water partition coefficient (Wildman–Crippen LogP) is 2.66. The zero-order chi connectivity index (χ0) is 20.3. The number of fused-ring (bicyclic) bond motifs is 3. The summed E-state index contributed by atoms with van der Waals surface area (Å²) in [6.45, 7) is 8.84. The molecule has 0 saturated carbocycles. The average Bonchev–Trinajstić information content (AvgIpc) is 3.03. The van der Waals surface area contributed by atoms with E-state index in [4.69, 9.17) is 9.47 Å². The Morgan fingerprint density at radius 3 is 2.64 bits per heavy atom. The van der Waals surface area contributed by atoms with E-state index in [1.165, 1.54) is 0 Å². The van der Waals surface area contributed by atoms with Gasteiger partial charge in [0.25, 0.3) is 5.56 Å². The van der Waals surface area contributed by atoms with Gasteiger partial charge in [0.05, 0.1) is 24.4 Å². The van der Waals surface area contributed by atoms with E-state index in [0.29, 0.717) is 61.8 Å². The summed E-state index contributed by atoms with van der Waals surface area (Å²) < 4.78 is 14.2. The normalized spacial score (nSPS) is 11.3. The highest BCUT2D eigenvalue weighted by molar-refractivity contribution is 5.77. The molecule has 150 valence electrons. The van der Waals surface area contributed by atoms with Gasteiger partial charge in [0.1, 0.15) is 11.3 Å². The maximum absolute atomic E-state index is 12.9. The van der Waals surface area contributed by atoms with Crippen LogP contribution in [0.3, 0.4) is 0 Å². The zero-order valence-electron chi connectivity index (χ0n) is 16.8. The van der Waals surface area contributed by atoms with E-state index in [1.54, 1.807) is 17.6 Å². The molecule has 0 saturated heterocycles. The fourth-order valence-corrected chi connectivity index (χ4v) is 3.36. The van der Waals surface area contributed by atoms with Crippen LogP contribution in [0.25, 0.3) is 16.7 Å². The topological polar surface area (TPSA) is 87.7 Å². The Bertz CT molecular complexity index is 1070. The summed E-state index contributed by atoms with van der Waals surface area (Å²) in [4.78, 5) is 33.6. The highest BCUT2D eigenvalue weighted by Gasteiger charge is 2.18. The van der Waals surface area contributed by atoms with Crippen molar-refractivity contribution < 1.29 is 14.3 Å². The number of nitrogens with zero attached hydrogens (tertiary/aromatic N) is 4. The molecule has 0 N–H and O–H groups in total. The van der Waals surface area contributed by atoms with Gasteiger partial charge in [-0.05, 0) is 33.3 Å². The summed E-state index contributed by atoms with van der Waals surface area (Å²) in [6.07, 6.45) is 1.54. The van der Waals surface area contributed by atoms with Gasteiger partial charge in [0.15, 0.2) is 5.65 Å². The summed E-state index contributed by atoms with van der Waals surface area (Å²) in [7, 11) is 0. The van der Waals surface area contributed by atoms with Crippen LogP contribution in [0.15, 0.2) is 16.9 Å². The lowest BCUT2D eigenvalue weighted by Crippen LogP contribution is -2.23. The maximum atomic E-state index is 12.9. The molecular weight excluding hydrogens is 360 g/mol. The lowest BCUT2D eigenvalue weighted by Gasteiger charge is -2.12. The fourth-order valence-electron chi connectivity index (χ4n) is 3.36. The molecule has 0 fully saturated rings. The highest BCUT2D eigenvalue weighted by Crippen LogP contribution is 2.21. The van der Waals surface area contributed by atoms with Crippen molar-refractivity contribution in [1.29, 1.82) is 0 Å². The molecule has 3 rings (SSSR count). The third-order valence-electron chi connectivity index (χ3n) is 4.61. The lowest BCUT2D eigenvalue weighted by atomic mass is 10.3. The molecule has 0 radical (unpaired) electrons. The minimum atomic E-state index is -0.229. The number of aryl methyl sites for hydroxylation is 3. The third kappa shape index (κ3) is 3.58. The Labute approximate surface area is 163 Å². The van der Waals surface area contributed by atoms with Gasteiger partial charge in [-0.25, -0.2) is 4.98 Å². The van der Waals surface area contributed by atoms with Gasteiger partial charge in [-0.15, -0.1) is 0 Å². The van der Waals surface area contributed by atoms with Crippen molar-refractivity contribution in [3.63, 3.8) is 0 Å². The number of carbonyl (C=O) groups excluding carboxylic acids is 1. The SMILES string of the molecule is CCOC(=O)CCCOc1ccc2c(n1)n1c(CC)nc(C)c1c(=O)n2CC. The third-order valence-corrected chi connectivity index (χ3v) is 4.61. The van der Waals surface area contributed by atoms with Crippen LogP contribution in [0.5, 0.6) is 5.88 Å². The molecule has 3 heterocycles. The van der Waals surface area contributed by atoms with E-state index >= 15 is 0 Å². The second kappa shape index (κ2) is 8.41. The van der Waals surface area contributed by atoms with Crippen molar-refractivity contribution in [2.24, 2.45) is 0 Å². The summed E-state index contributed by atoms with van der Waals surface area (Å²) in [5.41, 5.74) is 2.58. The first kappa shape index (κ1) is 19.9. The van der Waals surface area contributed by atoms with Gasteiger partial charge in [0.2, 0.25) is 5.88 Å². The Hall–Kier alpha value is -2.90. The van der Waals surface area contributed by atoms with Gasteiger partial charge < -0.3 is 14.0 Å². The molecule has 0 spiro atoms. The first-order valence-electron chi connectivity index (χ1n) is 9.71. The summed E-state index contributed by atoms with van der Waals surface area (Å²) in [5, 5.41) is 0. The van der Waals surface area contributed by atoms with Crippen molar-refractivity contribution in [1.82, 2.24) is 18.9 Å². The van der Waals surface area contributed by atoms with Crippen LogP contribution >= 0.6 is 0 Å². The highest BCUT2D eigenvalue weighted by atomic mass is 16.5. The van der Waals surface area contributed by atoms with Gasteiger partial charge in [-0.2, -0.15) is 4.98 Å². The Morgan fingerprint density at radius 1 is 1.18 bits per heavy atom. The molecule has 0 atom stereocenters. The molecule has 3 aromatic rings. The number of esters is 1. The minimum absolute atomic E-state index is 0.0652. The molecule has 0 unspecified atom stereocenters. The molecular formula is C20H26N4O4. The Kier molecular flexibility index (Phi) is 5.96. The number of carbonyl (C=O) groups is 1. The molecule has 0 aliphatic heterocycles. The van der Waals surface area contributed by atoms with Crippen LogP contribution in [0.1, 0.15) is 45.1 Å². The summed E-state index contributed by atoms with van der Waals surface area (Å²) in [6, 6.07) is 3.60. The fraction of sp³-hybridized carbons (Fsp3) is 0.500. The first-order chi connectivity index (χ1) is 13.5. The molecule has 0 aliphatic carbocycles. The molecule has 3 aromatic heterocycles. The second-order valence-corrected chi connectivity index (χ2v) is 6.45. The van der Waals surface area contributed by atoms with Crippen LogP contribution in [0.4, 0.5) is 0 Å². The largest absolute Gasteiger partial charge is 0.478 e. The lowest BCUT2D eigenvalue weighted by molar-refractivity contribution is -0.143. The number of ether oxygens (including phenoxy) is 2. The van der Waals surface area contributed by atoms with Crippen molar-refractivity contribution >= 4 is 22.6 Å². The van der Waals surface area contributed by atoms with E-state index < -0.39 is 0 Å². The van der Waals surface area contributed by atoms with E-state index in [-0.39, 0.29) is 11.5 Å². The van der Waals surface area contributed by atoms with Gasteiger partial charge >= 0.3 is 5.97 Å². The molecule has 8 heteroatoms. The summed E-state index contributed by atoms with van der Waals surface area (Å²) in [5.74, 6) is 1.02. The smallest absolute Gasteiger partial charge is 0.305 e. The average molecular weight is 386 g/mol. The molecule has 0 aromatic carbocycles. The van der Waals surface area contributed by atoms with Gasteiger partial charge in [-0.3, -0.25) is 14.0 Å². The van der Waals surface area contributed by atoms with Crippen LogP contribution in [-0.4, -0.2) is 38.1 Å². The van der Waals surface area contributed by atoms with Crippen molar-refractivity contribution in [3.8, 4) is 5.88 Å². The number of imidazole rings is 1. The van der Waals surface area contributed by atoms with E-state index in [1.807, 2.05) is 31.2 Å². The first-order valence-corrected chi connectivity index (χ1v) is 9.71. The molecule has 0 amide bonds. The predicted molar refractivity (Wildman–Crippen MR) is 106 cm³/mol. The molecule has 8 nitrogen and oxygen atoms in total. The second-order valence-electron chi connectivity index (χ2n) is 6.45. The Balaban J connectivity index is 1.98. The van der Waals surface area contributed by atoms with E-state index in [0.717, 1.165) is 11.3 Å². The van der Waals surface area contributed by atoms with Crippen molar-refractivity contribution in [2.45, 2.75) is 53.5 Å². The van der Waals surface area contributed by atoms with Crippen LogP contribution < -0.4 is 10.3 Å². The molecule has 0 bridgehead atoms. The van der Waals surface area contributed by atoms with Crippen LogP contribution in [0.2, 0.25) is 0 Å². The van der Waals surface area contributed by atoms with Crippen LogP contribution in [-0.2, 0) is 22.5 Å². The van der Waals surface area contributed by atoms with Crippen LogP contribution in [0, 0.1) is 6.92 Å². The number of rotatable bonds is 8. The van der Waals surface area contributed by atoms with E-state index in [9.17, 15) is 9.59 Å². The molecule has 0 aliphatic rings. The minimum Gasteiger partial charge on any atom is -0.478 e. The zero-order valence-corrected chi connectivity index (χ0v) is 16.8. The number of hydrogen-bond donors (Lipinski definition) is 0. The Morgan fingerprint density at radius 2 is 1.96 bits per heavy atom. The number of pyridine rings is 1. The van der Waals surface area contributed by atoms with Gasteiger partial charge in [-0.1, -0.05) is 6.92 Å². The maximum Gasteiger partial charge on any atom is 0.305 e. The standard InChI is InChI=1S/C20H26N4O4/c1-5-15-21-13(4)18-20(26)23(6-2)14-10-11-16(22-19(14)24(15)18)28-12-8-9-17(25)27-7-3/h10-11H,5-9,12H2,1-4H3. The number of hydrogen-bond acceptors (Lipinski definition) is 6. The summed E-state index contributed by atoms with van der Waals surface area (Å²) >= 11 is 0. The number of aromatic nitrogens is 4. The van der Waals surface area contributed by atoms with Crippen molar-refractivity contribution in [3.05, 3.63) is 34.0 Å². The monoisotopic (exact) mass is 386 g/mol.